The van der Waals surface area contributed by atoms with Gasteiger partial charge in [-0.15, -0.1) is 23.1 Å². The maximum absolute atomic E-state index is 13.5. The largest absolute Gasteiger partial charge is 0.321 e. The Morgan fingerprint density at radius 3 is 2.38 bits per heavy atom. The number of carbonyl (C=O) groups is 3. The minimum Gasteiger partial charge on any atom is -0.321 e. The fourth-order valence-corrected chi connectivity index (χ4v) is 5.84. The summed E-state index contributed by atoms with van der Waals surface area (Å²) < 4.78 is 13.5. The summed E-state index contributed by atoms with van der Waals surface area (Å²) in [6.07, 6.45) is 1.47. The fraction of sp³-hybridized carbons (Fsp3) is 0.0588. The molecule has 1 atom stereocenters. The number of nitrogens with one attached hydrogen (secondary N) is 3. The molecule has 5 rings (SSSR count). The quantitative estimate of drug-likeness (QED) is 0.104. The van der Waals surface area contributed by atoms with Crippen LogP contribution in [0, 0.1) is 5.82 Å². The van der Waals surface area contributed by atoms with Crippen molar-refractivity contribution in [3.63, 3.8) is 0 Å². The molecule has 0 aliphatic rings. The Morgan fingerprint density at radius 2 is 1.64 bits per heavy atom. The number of aromatic nitrogens is 1. The number of halogens is 2. The Bertz CT molecular complexity index is 1850. The van der Waals surface area contributed by atoms with Crippen LogP contribution >= 0.6 is 34.7 Å². The molecule has 0 saturated heterocycles. The van der Waals surface area contributed by atoms with Crippen molar-refractivity contribution >= 4 is 69.3 Å². The number of hydrogen-bond acceptors (Lipinski definition) is 6. The first-order valence-electron chi connectivity index (χ1n) is 13.7. The van der Waals surface area contributed by atoms with Gasteiger partial charge in [-0.25, -0.2) is 9.37 Å². The van der Waals surface area contributed by atoms with Gasteiger partial charge in [0.2, 0.25) is 5.91 Å². The minimum atomic E-state index is -0.572. The van der Waals surface area contributed by atoms with Crippen LogP contribution < -0.4 is 16.0 Å². The zero-order valence-corrected chi connectivity index (χ0v) is 26.2. The van der Waals surface area contributed by atoms with E-state index < -0.39 is 22.9 Å². The van der Waals surface area contributed by atoms with Gasteiger partial charge in [-0.05, 0) is 73.2 Å². The Balaban J connectivity index is 1.25. The van der Waals surface area contributed by atoms with Gasteiger partial charge in [0.1, 0.15) is 11.5 Å². The monoisotopic (exact) mass is 656 g/mol. The highest BCUT2D eigenvalue weighted by Crippen LogP contribution is 2.29. The summed E-state index contributed by atoms with van der Waals surface area (Å²) in [7, 11) is 0. The lowest BCUT2D eigenvalue weighted by Gasteiger charge is -2.13. The third-order valence-corrected chi connectivity index (χ3v) is 8.46. The molecule has 45 heavy (non-hydrogen) atoms. The third kappa shape index (κ3) is 8.89. The number of thiazole rings is 1. The summed E-state index contributed by atoms with van der Waals surface area (Å²) in [4.78, 5) is 44.4. The zero-order chi connectivity index (χ0) is 31.8. The standard InChI is InChI=1S/C34H26ClFN4O3S2/c1-21(31(41)40-34-39-30(20-44-34)23-12-14-25(35)15-13-23)45-28-9-5-8-27(19-28)37-33(43)29(18-22-10-16-26(36)17-11-22)38-32(42)24-6-3-2-4-7-24/h2-21H,1H3,(H,37,43)(H,38,42)(H,39,40,41)/b29-18-. The van der Waals surface area contributed by atoms with Gasteiger partial charge in [0, 0.05) is 32.1 Å². The average Bonchev–Trinajstić information content (AvgIpc) is 3.51. The molecule has 0 fully saturated rings. The Morgan fingerprint density at radius 1 is 0.911 bits per heavy atom. The summed E-state index contributed by atoms with van der Waals surface area (Å²) in [5.74, 6) is -1.68. The van der Waals surface area contributed by atoms with Gasteiger partial charge in [-0.1, -0.05) is 60.1 Å². The summed E-state index contributed by atoms with van der Waals surface area (Å²) in [6.45, 7) is 1.78. The normalized spacial score (nSPS) is 11.8. The van der Waals surface area contributed by atoms with E-state index in [0.29, 0.717) is 27.0 Å². The van der Waals surface area contributed by atoms with Crippen molar-refractivity contribution < 1.29 is 18.8 Å². The van der Waals surface area contributed by atoms with E-state index in [1.54, 1.807) is 67.6 Å². The van der Waals surface area contributed by atoms with Crippen molar-refractivity contribution in [3.05, 3.63) is 136 Å². The van der Waals surface area contributed by atoms with E-state index in [1.807, 2.05) is 23.6 Å². The van der Waals surface area contributed by atoms with Gasteiger partial charge in [-0.3, -0.25) is 14.4 Å². The third-order valence-electron chi connectivity index (χ3n) is 6.36. The lowest BCUT2D eigenvalue weighted by molar-refractivity contribution is -0.115. The Hall–Kier alpha value is -4.77. The Labute approximate surface area is 272 Å². The van der Waals surface area contributed by atoms with Crippen molar-refractivity contribution in [3.8, 4) is 11.3 Å². The molecule has 0 saturated carbocycles. The predicted molar refractivity (Wildman–Crippen MR) is 180 cm³/mol. The van der Waals surface area contributed by atoms with Gasteiger partial charge >= 0.3 is 0 Å². The Kier molecular flexibility index (Phi) is 10.4. The van der Waals surface area contributed by atoms with Crippen molar-refractivity contribution in [1.82, 2.24) is 10.3 Å². The molecular formula is C34H26ClFN4O3S2. The predicted octanol–water partition coefficient (Wildman–Crippen LogP) is 8.13. The molecule has 7 nitrogen and oxygen atoms in total. The summed E-state index contributed by atoms with van der Waals surface area (Å²) >= 11 is 8.62. The summed E-state index contributed by atoms with van der Waals surface area (Å²) in [5, 5.41) is 10.8. The number of benzene rings is 4. The molecule has 3 N–H and O–H groups in total. The second kappa shape index (κ2) is 14.8. The lowest BCUT2D eigenvalue weighted by atomic mass is 10.1. The smallest absolute Gasteiger partial charge is 0.272 e. The minimum absolute atomic E-state index is 0.0253. The highest BCUT2D eigenvalue weighted by Gasteiger charge is 2.18. The van der Waals surface area contributed by atoms with Crippen LogP contribution in [0.3, 0.4) is 0 Å². The molecule has 5 aromatic rings. The molecule has 11 heteroatoms. The van der Waals surface area contributed by atoms with E-state index in [2.05, 4.69) is 20.9 Å². The molecule has 1 heterocycles. The lowest BCUT2D eigenvalue weighted by Crippen LogP contribution is -2.30. The highest BCUT2D eigenvalue weighted by molar-refractivity contribution is 8.00. The molecule has 0 bridgehead atoms. The molecule has 0 aliphatic carbocycles. The molecule has 4 aromatic carbocycles. The number of thioether (sulfide) groups is 1. The van der Waals surface area contributed by atoms with Crippen LogP contribution in [0.25, 0.3) is 17.3 Å². The van der Waals surface area contributed by atoms with E-state index in [1.165, 1.54) is 53.4 Å². The number of hydrogen-bond donors (Lipinski definition) is 3. The second-order valence-electron chi connectivity index (χ2n) is 9.71. The van der Waals surface area contributed by atoms with Crippen LogP contribution in [-0.2, 0) is 9.59 Å². The maximum atomic E-state index is 13.5. The summed E-state index contributed by atoms with van der Waals surface area (Å²) in [5.41, 5.74) is 2.97. The van der Waals surface area contributed by atoms with E-state index >= 15 is 0 Å². The van der Waals surface area contributed by atoms with Gasteiger partial charge in [-0.2, -0.15) is 0 Å². The van der Waals surface area contributed by atoms with Gasteiger partial charge in [0.05, 0.1) is 10.9 Å². The van der Waals surface area contributed by atoms with Crippen LogP contribution in [0.1, 0.15) is 22.8 Å². The fourth-order valence-electron chi connectivity index (χ4n) is 4.06. The molecule has 0 spiro atoms. The van der Waals surface area contributed by atoms with E-state index in [-0.39, 0.29) is 11.6 Å². The van der Waals surface area contributed by atoms with Gasteiger partial charge in [0.25, 0.3) is 11.8 Å². The van der Waals surface area contributed by atoms with Crippen molar-refractivity contribution in [2.45, 2.75) is 17.1 Å². The zero-order valence-electron chi connectivity index (χ0n) is 23.8. The van der Waals surface area contributed by atoms with Crippen molar-refractivity contribution in [2.24, 2.45) is 0 Å². The van der Waals surface area contributed by atoms with E-state index in [9.17, 15) is 18.8 Å². The number of amides is 3. The van der Waals surface area contributed by atoms with E-state index in [0.717, 1.165) is 16.2 Å². The topological polar surface area (TPSA) is 100 Å². The van der Waals surface area contributed by atoms with Crippen LogP contribution in [0.15, 0.2) is 119 Å². The molecule has 226 valence electrons. The number of rotatable bonds is 10. The van der Waals surface area contributed by atoms with Crippen LogP contribution in [0.4, 0.5) is 15.2 Å². The first-order valence-corrected chi connectivity index (χ1v) is 15.8. The highest BCUT2D eigenvalue weighted by atomic mass is 35.5. The van der Waals surface area contributed by atoms with Crippen LogP contribution in [0.5, 0.6) is 0 Å². The van der Waals surface area contributed by atoms with Crippen LogP contribution in [0.2, 0.25) is 5.02 Å². The molecule has 0 aliphatic heterocycles. The van der Waals surface area contributed by atoms with Crippen molar-refractivity contribution in [2.75, 3.05) is 10.6 Å². The average molecular weight is 657 g/mol. The second-order valence-corrected chi connectivity index (χ2v) is 12.4. The molecular weight excluding hydrogens is 631 g/mol. The first kappa shape index (κ1) is 31.6. The number of anilines is 2. The first-order chi connectivity index (χ1) is 21.7. The molecule has 3 amide bonds. The summed E-state index contributed by atoms with van der Waals surface area (Å²) in [6, 6.07) is 28.4. The SMILES string of the molecule is CC(Sc1cccc(NC(=O)/C(=C/c2ccc(F)cc2)NC(=O)c2ccccc2)c1)C(=O)Nc1nc(-c2ccc(Cl)cc2)cs1. The molecule has 1 aromatic heterocycles. The molecule has 1 unspecified atom stereocenters. The van der Waals surface area contributed by atoms with Gasteiger partial charge < -0.3 is 16.0 Å². The molecule has 0 radical (unpaired) electrons. The van der Waals surface area contributed by atoms with Crippen molar-refractivity contribution in [1.29, 1.82) is 0 Å². The van der Waals surface area contributed by atoms with Gasteiger partial charge in [0.15, 0.2) is 5.13 Å². The number of nitrogens with zero attached hydrogens (tertiary/aromatic N) is 1. The number of carbonyl (C=O) groups excluding carboxylic acids is 3. The van der Waals surface area contributed by atoms with E-state index in [4.69, 9.17) is 11.6 Å². The van der Waals surface area contributed by atoms with Crippen LogP contribution in [-0.4, -0.2) is 28.0 Å². The maximum Gasteiger partial charge on any atom is 0.272 e.